The number of aromatic nitrogens is 3. The van der Waals surface area contributed by atoms with Gasteiger partial charge in [-0.25, -0.2) is 4.68 Å². The van der Waals surface area contributed by atoms with Gasteiger partial charge in [-0.05, 0) is 25.5 Å². The van der Waals surface area contributed by atoms with Crippen molar-refractivity contribution in [3.8, 4) is 11.6 Å². The van der Waals surface area contributed by atoms with E-state index in [-0.39, 0.29) is 0 Å². The molecule has 2 rings (SSSR count). The molecule has 2 N–H and O–H groups in total. The maximum absolute atomic E-state index is 6.06. The lowest BCUT2D eigenvalue weighted by molar-refractivity contribution is 0.427. The summed E-state index contributed by atoms with van der Waals surface area (Å²) in [5.74, 6) is 1.28. The van der Waals surface area contributed by atoms with Gasteiger partial charge >= 0.3 is 0 Å². The van der Waals surface area contributed by atoms with Gasteiger partial charge in [0.25, 0.3) is 0 Å². The van der Waals surface area contributed by atoms with Crippen LogP contribution >= 0.6 is 0 Å². The van der Waals surface area contributed by atoms with Crippen molar-refractivity contribution in [1.82, 2.24) is 14.8 Å². The van der Waals surface area contributed by atoms with Crippen LogP contribution in [0.3, 0.4) is 0 Å². The van der Waals surface area contributed by atoms with Crippen molar-refractivity contribution in [3.63, 3.8) is 0 Å². The molecule has 0 aliphatic heterocycles. The highest BCUT2D eigenvalue weighted by Gasteiger charge is 2.15. The highest BCUT2D eigenvalue weighted by atomic mass is 16.5. The van der Waals surface area contributed by atoms with Crippen molar-refractivity contribution in [3.05, 3.63) is 29.7 Å². The number of pyridine rings is 1. The fourth-order valence-electron chi connectivity index (χ4n) is 1.80. The van der Waals surface area contributed by atoms with Crippen LogP contribution in [-0.4, -0.2) is 14.8 Å². The van der Waals surface area contributed by atoms with E-state index in [0.717, 1.165) is 24.2 Å². The van der Waals surface area contributed by atoms with Gasteiger partial charge in [0.1, 0.15) is 5.69 Å². The molecule has 2 aromatic rings. The molecule has 0 bridgehead atoms. The number of aryl methyl sites for hydroxylation is 3. The number of hydrogen-bond acceptors (Lipinski definition) is 4. The van der Waals surface area contributed by atoms with Gasteiger partial charge in [-0.3, -0.25) is 4.98 Å². The van der Waals surface area contributed by atoms with Gasteiger partial charge in [-0.15, -0.1) is 0 Å². The monoisotopic (exact) mass is 246 g/mol. The maximum atomic E-state index is 6.06. The van der Waals surface area contributed by atoms with Crippen LogP contribution < -0.4 is 10.5 Å². The molecule has 0 amide bonds. The Labute approximate surface area is 107 Å². The van der Waals surface area contributed by atoms with E-state index in [1.54, 1.807) is 10.9 Å². The number of nitrogen functional groups attached to an aromatic ring is 1. The van der Waals surface area contributed by atoms with E-state index in [2.05, 4.69) is 17.0 Å². The Morgan fingerprint density at radius 2 is 2.22 bits per heavy atom. The van der Waals surface area contributed by atoms with Crippen LogP contribution in [0.5, 0.6) is 11.6 Å². The Bertz CT molecular complexity index is 548. The lowest BCUT2D eigenvalue weighted by atomic mass is 10.2. The minimum atomic E-state index is 0.578. The smallest absolute Gasteiger partial charge is 0.241 e. The van der Waals surface area contributed by atoms with Crippen LogP contribution in [0.1, 0.15) is 24.7 Å². The molecule has 2 heterocycles. The van der Waals surface area contributed by atoms with Crippen molar-refractivity contribution in [2.45, 2.75) is 26.7 Å². The minimum Gasteiger partial charge on any atom is -0.435 e. The summed E-state index contributed by atoms with van der Waals surface area (Å²) in [6.07, 6.45) is 3.60. The zero-order valence-corrected chi connectivity index (χ0v) is 11.0. The number of anilines is 1. The molecule has 18 heavy (non-hydrogen) atoms. The standard InChI is InChI=1S/C13H18N4O/c1-4-6-10-12(14)13(17(3)16-10)18-11-7-5-8-15-9(11)2/h5,7-8H,4,6,14H2,1-3H3. The first-order valence-electron chi connectivity index (χ1n) is 6.04. The first-order chi connectivity index (χ1) is 8.63. The zero-order chi connectivity index (χ0) is 13.1. The van der Waals surface area contributed by atoms with Crippen molar-refractivity contribution >= 4 is 5.69 Å². The number of rotatable bonds is 4. The van der Waals surface area contributed by atoms with Gasteiger partial charge in [0, 0.05) is 13.2 Å². The van der Waals surface area contributed by atoms with Crippen LogP contribution in [0.4, 0.5) is 5.69 Å². The van der Waals surface area contributed by atoms with E-state index in [0.29, 0.717) is 17.3 Å². The molecule has 0 aliphatic rings. The van der Waals surface area contributed by atoms with Crippen LogP contribution in [0.2, 0.25) is 0 Å². The van der Waals surface area contributed by atoms with Crippen LogP contribution in [-0.2, 0) is 13.5 Å². The Kier molecular flexibility index (Phi) is 3.50. The molecular formula is C13H18N4O. The van der Waals surface area contributed by atoms with E-state index in [1.165, 1.54) is 0 Å². The van der Waals surface area contributed by atoms with Crippen molar-refractivity contribution in [2.24, 2.45) is 7.05 Å². The van der Waals surface area contributed by atoms with Crippen molar-refractivity contribution in [1.29, 1.82) is 0 Å². The SMILES string of the molecule is CCCc1nn(C)c(Oc2cccnc2C)c1N. The summed E-state index contributed by atoms with van der Waals surface area (Å²) >= 11 is 0. The molecule has 0 unspecified atom stereocenters. The predicted octanol–water partition coefficient (Wildman–Crippen LogP) is 2.45. The molecule has 0 spiro atoms. The Hall–Kier alpha value is -2.04. The Morgan fingerprint density at radius 1 is 1.44 bits per heavy atom. The van der Waals surface area contributed by atoms with E-state index in [4.69, 9.17) is 10.5 Å². The number of ether oxygens (including phenoxy) is 1. The number of nitrogens with two attached hydrogens (primary N) is 1. The van der Waals surface area contributed by atoms with E-state index >= 15 is 0 Å². The fourth-order valence-corrected chi connectivity index (χ4v) is 1.80. The largest absolute Gasteiger partial charge is 0.435 e. The summed E-state index contributed by atoms with van der Waals surface area (Å²) in [5.41, 5.74) is 8.39. The van der Waals surface area contributed by atoms with E-state index in [1.807, 2.05) is 26.1 Å². The normalized spacial score (nSPS) is 10.6. The van der Waals surface area contributed by atoms with Crippen LogP contribution in [0.15, 0.2) is 18.3 Å². The van der Waals surface area contributed by atoms with E-state index < -0.39 is 0 Å². The molecule has 5 nitrogen and oxygen atoms in total. The Morgan fingerprint density at radius 3 is 2.89 bits per heavy atom. The highest BCUT2D eigenvalue weighted by Crippen LogP contribution is 2.30. The van der Waals surface area contributed by atoms with E-state index in [9.17, 15) is 0 Å². The lowest BCUT2D eigenvalue weighted by Gasteiger charge is -2.08. The fraction of sp³-hybridized carbons (Fsp3) is 0.385. The average molecular weight is 246 g/mol. The maximum Gasteiger partial charge on any atom is 0.241 e. The topological polar surface area (TPSA) is 66.0 Å². The molecule has 0 radical (unpaired) electrons. The lowest BCUT2D eigenvalue weighted by Crippen LogP contribution is -1.98. The molecule has 0 aliphatic carbocycles. The molecule has 0 saturated carbocycles. The predicted molar refractivity (Wildman–Crippen MR) is 70.7 cm³/mol. The third kappa shape index (κ3) is 2.30. The quantitative estimate of drug-likeness (QED) is 0.899. The van der Waals surface area contributed by atoms with Crippen LogP contribution in [0.25, 0.3) is 0 Å². The van der Waals surface area contributed by atoms with Crippen LogP contribution in [0, 0.1) is 6.92 Å². The molecular weight excluding hydrogens is 228 g/mol. The van der Waals surface area contributed by atoms with Crippen molar-refractivity contribution in [2.75, 3.05) is 5.73 Å². The number of hydrogen-bond donors (Lipinski definition) is 1. The van der Waals surface area contributed by atoms with Gasteiger partial charge in [0.2, 0.25) is 5.88 Å². The minimum absolute atomic E-state index is 0.578. The summed E-state index contributed by atoms with van der Waals surface area (Å²) < 4.78 is 7.48. The summed E-state index contributed by atoms with van der Waals surface area (Å²) in [6, 6.07) is 3.70. The molecule has 5 heteroatoms. The summed E-state index contributed by atoms with van der Waals surface area (Å²) in [6.45, 7) is 3.99. The first-order valence-corrected chi connectivity index (χ1v) is 6.04. The second-order valence-electron chi connectivity index (χ2n) is 4.23. The highest BCUT2D eigenvalue weighted by molar-refractivity contribution is 5.54. The summed E-state index contributed by atoms with van der Waals surface area (Å²) in [5, 5.41) is 4.37. The molecule has 2 aromatic heterocycles. The molecule has 0 fully saturated rings. The van der Waals surface area contributed by atoms with Gasteiger partial charge in [-0.1, -0.05) is 13.3 Å². The third-order valence-electron chi connectivity index (χ3n) is 2.76. The third-order valence-corrected chi connectivity index (χ3v) is 2.76. The van der Waals surface area contributed by atoms with Gasteiger partial charge < -0.3 is 10.5 Å². The summed E-state index contributed by atoms with van der Waals surface area (Å²) in [4.78, 5) is 4.18. The second-order valence-corrected chi connectivity index (χ2v) is 4.23. The first kappa shape index (κ1) is 12.4. The number of nitrogens with zero attached hydrogens (tertiary/aromatic N) is 3. The molecule has 0 atom stereocenters. The Balaban J connectivity index is 2.32. The molecule has 0 aromatic carbocycles. The van der Waals surface area contributed by atoms with Gasteiger partial charge in [0.15, 0.2) is 5.75 Å². The van der Waals surface area contributed by atoms with Crippen molar-refractivity contribution < 1.29 is 4.74 Å². The summed E-state index contributed by atoms with van der Waals surface area (Å²) in [7, 11) is 1.83. The molecule has 0 saturated heterocycles. The second kappa shape index (κ2) is 5.08. The van der Waals surface area contributed by atoms with Gasteiger partial charge in [0.05, 0.1) is 11.4 Å². The zero-order valence-electron chi connectivity index (χ0n) is 11.0. The molecule has 96 valence electrons. The average Bonchev–Trinajstić information content (AvgIpc) is 2.60. The van der Waals surface area contributed by atoms with Gasteiger partial charge in [-0.2, -0.15) is 5.10 Å².